The molecule has 1 aliphatic carbocycles. The molecule has 1 saturated carbocycles. The summed E-state index contributed by atoms with van der Waals surface area (Å²) in [5, 5.41) is 0. The Balaban J connectivity index is 1.11. The molecular formula is C44H48O9. The molecule has 0 unspecified atom stereocenters. The van der Waals surface area contributed by atoms with Crippen LogP contribution in [0, 0.1) is 23.7 Å². The second kappa shape index (κ2) is 17.0. The van der Waals surface area contributed by atoms with Crippen LogP contribution in [0.15, 0.2) is 121 Å². The fourth-order valence-corrected chi connectivity index (χ4v) is 8.35. The summed E-state index contributed by atoms with van der Waals surface area (Å²) < 4.78 is 52.7. The summed E-state index contributed by atoms with van der Waals surface area (Å²) in [6.45, 7) is 4.21. The highest BCUT2D eigenvalue weighted by Crippen LogP contribution is 2.52. The van der Waals surface area contributed by atoms with Crippen LogP contribution < -0.4 is 0 Å². The summed E-state index contributed by atoms with van der Waals surface area (Å²) >= 11 is 0. The summed E-state index contributed by atoms with van der Waals surface area (Å²) in [6, 6.07) is 40.1. The van der Waals surface area contributed by atoms with E-state index in [-0.39, 0.29) is 37.1 Å². The van der Waals surface area contributed by atoms with Gasteiger partial charge in [-0.25, -0.2) is 0 Å². The van der Waals surface area contributed by atoms with E-state index in [1.54, 1.807) is 0 Å². The number of hydrogen-bond acceptors (Lipinski definition) is 9. The van der Waals surface area contributed by atoms with Crippen molar-refractivity contribution in [2.75, 3.05) is 13.2 Å². The van der Waals surface area contributed by atoms with Gasteiger partial charge in [-0.05, 0) is 40.5 Å². The average Bonchev–Trinajstić information content (AvgIpc) is 3.70. The van der Waals surface area contributed by atoms with Crippen molar-refractivity contribution in [3.63, 3.8) is 0 Å². The van der Waals surface area contributed by atoms with E-state index in [0.29, 0.717) is 32.3 Å². The molecule has 0 aromatic heterocycles. The Bertz CT molecular complexity index is 1730. The molecule has 9 nitrogen and oxygen atoms in total. The quantitative estimate of drug-likeness (QED) is 0.122. The van der Waals surface area contributed by atoms with Crippen molar-refractivity contribution >= 4 is 5.97 Å². The van der Waals surface area contributed by atoms with Crippen LogP contribution >= 0.6 is 0 Å². The lowest BCUT2D eigenvalue weighted by Gasteiger charge is -2.47. The molecule has 3 heterocycles. The molecule has 0 radical (unpaired) electrons. The van der Waals surface area contributed by atoms with Gasteiger partial charge in [-0.15, -0.1) is 0 Å². The van der Waals surface area contributed by atoms with Crippen molar-refractivity contribution in [1.82, 2.24) is 0 Å². The Morgan fingerprint density at radius 3 is 1.70 bits per heavy atom. The molecule has 0 N–H and O–H groups in total. The first-order chi connectivity index (χ1) is 26.1. The SMILES string of the molecule is C[C@H]1C[C@@H]2OC(=O)[C@@H]3[C@@H](O[C@@H]4O[C@H](COCc5ccccc5)[C@@H](OCc5ccccc5)[C@H](OCc5ccccc5)[C@H]4OCc4ccccc4)OC[C@H]1[C@@H]32. The van der Waals surface area contributed by atoms with Gasteiger partial charge in [-0.1, -0.05) is 128 Å². The summed E-state index contributed by atoms with van der Waals surface area (Å²) in [7, 11) is 0. The summed E-state index contributed by atoms with van der Waals surface area (Å²) in [5.74, 6) is -0.140. The number of carbonyl (C=O) groups is 1. The van der Waals surface area contributed by atoms with E-state index >= 15 is 0 Å². The van der Waals surface area contributed by atoms with E-state index < -0.39 is 42.9 Å². The topological polar surface area (TPSA) is 90.9 Å². The zero-order chi connectivity index (χ0) is 36.0. The first kappa shape index (κ1) is 36.1. The lowest BCUT2D eigenvalue weighted by molar-refractivity contribution is -0.366. The van der Waals surface area contributed by atoms with Gasteiger partial charge in [0.05, 0.1) is 39.6 Å². The fourth-order valence-electron chi connectivity index (χ4n) is 8.35. The molecule has 9 heteroatoms. The molecule has 4 fully saturated rings. The van der Waals surface area contributed by atoms with E-state index in [1.807, 2.05) is 121 Å². The van der Waals surface area contributed by atoms with Gasteiger partial charge >= 0.3 is 5.97 Å². The van der Waals surface area contributed by atoms with Crippen molar-refractivity contribution < 1.29 is 42.7 Å². The molecule has 53 heavy (non-hydrogen) atoms. The molecule has 0 spiro atoms. The maximum atomic E-state index is 13.4. The van der Waals surface area contributed by atoms with Gasteiger partial charge in [0, 0.05) is 5.92 Å². The molecule has 11 atom stereocenters. The first-order valence-corrected chi connectivity index (χ1v) is 18.8. The van der Waals surface area contributed by atoms with E-state index in [4.69, 9.17) is 37.9 Å². The zero-order valence-electron chi connectivity index (χ0n) is 30.0. The van der Waals surface area contributed by atoms with Crippen molar-refractivity contribution in [1.29, 1.82) is 0 Å². The monoisotopic (exact) mass is 720 g/mol. The fraction of sp³-hybridized carbons (Fsp3) is 0.432. The largest absolute Gasteiger partial charge is 0.462 e. The first-order valence-electron chi connectivity index (χ1n) is 18.8. The normalized spacial score (nSPS) is 31.9. The summed E-state index contributed by atoms with van der Waals surface area (Å²) in [5.41, 5.74) is 4.06. The van der Waals surface area contributed by atoms with Gasteiger partial charge in [0.2, 0.25) is 0 Å². The highest BCUT2D eigenvalue weighted by molar-refractivity contribution is 5.76. The molecular weight excluding hydrogens is 672 g/mol. The second-order valence-corrected chi connectivity index (χ2v) is 14.6. The maximum Gasteiger partial charge on any atom is 0.314 e. The summed E-state index contributed by atoms with van der Waals surface area (Å²) in [6.07, 6.45) is -3.76. The van der Waals surface area contributed by atoms with Crippen LogP contribution in [0.2, 0.25) is 0 Å². The Morgan fingerprint density at radius 1 is 0.623 bits per heavy atom. The molecule has 4 aromatic carbocycles. The molecule has 4 aromatic rings. The zero-order valence-corrected chi connectivity index (χ0v) is 30.0. The third-order valence-electron chi connectivity index (χ3n) is 11.1. The van der Waals surface area contributed by atoms with Crippen LogP contribution in [0.25, 0.3) is 0 Å². The minimum atomic E-state index is -0.978. The third-order valence-corrected chi connectivity index (χ3v) is 11.1. The molecule has 4 aliphatic rings. The maximum absolute atomic E-state index is 13.4. The van der Waals surface area contributed by atoms with E-state index in [1.165, 1.54) is 0 Å². The Kier molecular flexibility index (Phi) is 11.6. The van der Waals surface area contributed by atoms with Gasteiger partial charge < -0.3 is 37.9 Å². The summed E-state index contributed by atoms with van der Waals surface area (Å²) in [4.78, 5) is 13.4. The molecule has 3 aliphatic heterocycles. The van der Waals surface area contributed by atoms with Crippen LogP contribution in [0.4, 0.5) is 0 Å². The van der Waals surface area contributed by atoms with Crippen molar-refractivity contribution in [3.8, 4) is 0 Å². The Hall–Kier alpha value is -3.93. The minimum Gasteiger partial charge on any atom is -0.462 e. The highest BCUT2D eigenvalue weighted by atomic mass is 16.8. The number of esters is 1. The predicted molar refractivity (Wildman–Crippen MR) is 195 cm³/mol. The number of carbonyl (C=O) groups excluding carboxylic acids is 1. The van der Waals surface area contributed by atoms with Crippen molar-refractivity contribution in [2.45, 2.75) is 82.9 Å². The minimum absolute atomic E-state index is 0.0422. The lowest BCUT2D eigenvalue weighted by Crippen LogP contribution is -2.63. The van der Waals surface area contributed by atoms with Crippen LogP contribution in [-0.4, -0.2) is 62.3 Å². The van der Waals surface area contributed by atoms with Crippen molar-refractivity contribution in [2.24, 2.45) is 23.7 Å². The molecule has 3 saturated heterocycles. The predicted octanol–water partition coefficient (Wildman–Crippen LogP) is 6.87. The average molecular weight is 721 g/mol. The van der Waals surface area contributed by atoms with Gasteiger partial charge in [0.1, 0.15) is 36.4 Å². The van der Waals surface area contributed by atoms with Crippen LogP contribution in [0.1, 0.15) is 35.6 Å². The third kappa shape index (κ3) is 8.42. The Morgan fingerprint density at radius 2 is 1.13 bits per heavy atom. The number of benzene rings is 4. The van der Waals surface area contributed by atoms with Crippen LogP contribution in [-0.2, 0) is 69.1 Å². The second-order valence-electron chi connectivity index (χ2n) is 14.6. The van der Waals surface area contributed by atoms with Crippen LogP contribution in [0.5, 0.6) is 0 Å². The van der Waals surface area contributed by atoms with E-state index in [0.717, 1.165) is 28.7 Å². The van der Waals surface area contributed by atoms with E-state index in [9.17, 15) is 4.79 Å². The Labute approximate surface area is 311 Å². The highest BCUT2D eigenvalue weighted by Gasteiger charge is 2.61. The number of ether oxygens (including phenoxy) is 8. The van der Waals surface area contributed by atoms with Gasteiger partial charge in [-0.2, -0.15) is 0 Å². The van der Waals surface area contributed by atoms with Gasteiger partial charge in [0.15, 0.2) is 12.6 Å². The standard InChI is InChI=1S/C44H48O9/c1-29-22-35-37-34(29)27-50-43(38(37)42(45)51-35)53-44-41(49-26-33-20-12-5-13-21-33)40(48-25-32-18-10-4-11-19-32)39(47-24-31-16-8-3-9-17-31)36(52-44)28-46-23-30-14-6-2-7-15-30/h2-21,29,34-41,43-44H,22-28H2,1H3/t29-,34+,35-,36+,37+,38+,39+,40-,41+,43+,44-/m0/s1. The molecule has 0 bridgehead atoms. The molecule has 278 valence electrons. The smallest absolute Gasteiger partial charge is 0.314 e. The number of rotatable bonds is 15. The van der Waals surface area contributed by atoms with Crippen molar-refractivity contribution in [3.05, 3.63) is 144 Å². The van der Waals surface area contributed by atoms with Crippen LogP contribution in [0.3, 0.4) is 0 Å². The molecule has 0 amide bonds. The van der Waals surface area contributed by atoms with Gasteiger partial charge in [-0.3, -0.25) is 4.79 Å². The lowest BCUT2D eigenvalue weighted by atomic mass is 9.80. The molecule has 8 rings (SSSR count). The van der Waals surface area contributed by atoms with E-state index in [2.05, 4.69) is 6.92 Å². The van der Waals surface area contributed by atoms with Gasteiger partial charge in [0.25, 0.3) is 0 Å². The number of hydrogen-bond donors (Lipinski definition) is 0.